The van der Waals surface area contributed by atoms with Crippen LogP contribution in [0.2, 0.25) is 0 Å². The van der Waals surface area contributed by atoms with Crippen LogP contribution in [0.25, 0.3) is 0 Å². The number of alkyl halides is 2. The minimum atomic E-state index is -3.14. The highest BCUT2D eigenvalue weighted by Gasteiger charge is 2.26. The number of Topliss-reactive ketones (excluding diaryl/α,β-unsaturated/α-hetero) is 1. The summed E-state index contributed by atoms with van der Waals surface area (Å²) in [5, 5.41) is 0. The van der Waals surface area contributed by atoms with Gasteiger partial charge in [0.2, 0.25) is 0 Å². The summed E-state index contributed by atoms with van der Waals surface area (Å²) in [5.74, 6) is -4.23. The van der Waals surface area contributed by atoms with E-state index in [1.54, 1.807) is 0 Å². The van der Waals surface area contributed by atoms with Crippen molar-refractivity contribution in [2.75, 3.05) is 0 Å². The minimum absolute atomic E-state index is 0.579. The molecular weight excluding hydrogens is 186 g/mol. The zero-order chi connectivity index (χ0) is 11.2. The second kappa shape index (κ2) is 5.47. The molecule has 0 spiro atoms. The molecule has 0 atom stereocenters. The molecular formula is C11H14F2O. The van der Waals surface area contributed by atoms with Crippen LogP contribution in [0, 0.1) is 6.92 Å². The summed E-state index contributed by atoms with van der Waals surface area (Å²) in [5.41, 5.74) is 1.32. The lowest BCUT2D eigenvalue weighted by atomic mass is 10.2. The molecule has 0 aromatic heterocycles. The van der Waals surface area contributed by atoms with Gasteiger partial charge >= 0.3 is 5.92 Å². The highest BCUT2D eigenvalue weighted by atomic mass is 19.3. The molecule has 3 heteroatoms. The van der Waals surface area contributed by atoms with Gasteiger partial charge in [0, 0.05) is 13.8 Å². The molecule has 14 heavy (non-hydrogen) atoms. The van der Waals surface area contributed by atoms with Crippen molar-refractivity contribution in [3.8, 4) is 0 Å². The van der Waals surface area contributed by atoms with E-state index in [0.29, 0.717) is 6.92 Å². The molecule has 1 aromatic rings. The van der Waals surface area contributed by atoms with Crippen LogP contribution in [0.3, 0.4) is 0 Å². The monoisotopic (exact) mass is 200 g/mol. The van der Waals surface area contributed by atoms with Crippen molar-refractivity contribution in [1.29, 1.82) is 0 Å². The van der Waals surface area contributed by atoms with Crippen molar-refractivity contribution in [2.24, 2.45) is 0 Å². The number of hydrogen-bond acceptors (Lipinski definition) is 1. The lowest BCUT2D eigenvalue weighted by Crippen LogP contribution is -2.20. The van der Waals surface area contributed by atoms with Crippen LogP contribution in [0.4, 0.5) is 8.78 Å². The van der Waals surface area contributed by atoms with Crippen LogP contribution in [0.5, 0.6) is 0 Å². The first kappa shape index (κ1) is 12.8. The number of ketones is 1. The first-order valence-electron chi connectivity index (χ1n) is 4.24. The summed E-state index contributed by atoms with van der Waals surface area (Å²) in [6, 6.07) is 10.3. The molecule has 1 aromatic carbocycles. The average Bonchev–Trinajstić information content (AvgIpc) is 2.04. The second-order valence-electron chi connectivity index (χ2n) is 3.10. The maximum Gasteiger partial charge on any atom is 0.302 e. The van der Waals surface area contributed by atoms with Crippen LogP contribution in [-0.2, 0) is 4.79 Å². The normalized spacial score (nSPS) is 10.1. The van der Waals surface area contributed by atoms with Gasteiger partial charge in [-0.15, -0.1) is 0 Å². The molecule has 0 unspecified atom stereocenters. The Morgan fingerprint density at radius 3 is 1.71 bits per heavy atom. The predicted octanol–water partition coefficient (Wildman–Crippen LogP) is 3.23. The fraction of sp³-hybridized carbons (Fsp3) is 0.364. The van der Waals surface area contributed by atoms with Crippen molar-refractivity contribution >= 4 is 5.78 Å². The van der Waals surface area contributed by atoms with Gasteiger partial charge in [0.25, 0.3) is 0 Å². The van der Waals surface area contributed by atoms with Gasteiger partial charge in [0.15, 0.2) is 5.78 Å². The van der Waals surface area contributed by atoms with Crippen LogP contribution < -0.4 is 0 Å². The summed E-state index contributed by atoms with van der Waals surface area (Å²) >= 11 is 0. The Hall–Kier alpha value is -1.25. The summed E-state index contributed by atoms with van der Waals surface area (Å²) in [4.78, 5) is 9.72. The molecule has 0 amide bonds. The third-order valence-electron chi connectivity index (χ3n) is 1.56. The maximum atomic E-state index is 11.5. The van der Waals surface area contributed by atoms with E-state index in [2.05, 4.69) is 19.1 Å². The fourth-order valence-corrected chi connectivity index (χ4v) is 0.534. The van der Waals surface area contributed by atoms with Crippen LogP contribution in [-0.4, -0.2) is 11.7 Å². The summed E-state index contributed by atoms with van der Waals surface area (Å²) < 4.78 is 23.0. The van der Waals surface area contributed by atoms with E-state index in [-0.39, 0.29) is 0 Å². The van der Waals surface area contributed by atoms with Crippen molar-refractivity contribution in [1.82, 2.24) is 0 Å². The Morgan fingerprint density at radius 1 is 1.21 bits per heavy atom. The third-order valence-corrected chi connectivity index (χ3v) is 1.56. The number of rotatable bonds is 1. The number of carbonyl (C=O) groups excluding carboxylic acids is 1. The van der Waals surface area contributed by atoms with Crippen molar-refractivity contribution in [3.05, 3.63) is 35.9 Å². The SMILES string of the molecule is CC(=O)C(C)(F)F.Cc1ccccc1. The molecule has 0 aliphatic rings. The molecule has 0 radical (unpaired) electrons. The average molecular weight is 200 g/mol. The van der Waals surface area contributed by atoms with Crippen molar-refractivity contribution in [3.63, 3.8) is 0 Å². The Morgan fingerprint density at radius 2 is 1.57 bits per heavy atom. The van der Waals surface area contributed by atoms with E-state index in [4.69, 9.17) is 0 Å². The Bertz CT molecular complexity index is 275. The smallest absolute Gasteiger partial charge is 0.293 e. The number of aryl methyl sites for hydroxylation is 1. The van der Waals surface area contributed by atoms with Crippen molar-refractivity contribution in [2.45, 2.75) is 26.7 Å². The Labute approximate surface area is 82.8 Å². The van der Waals surface area contributed by atoms with Crippen LogP contribution >= 0.6 is 0 Å². The maximum absolute atomic E-state index is 11.5. The zero-order valence-corrected chi connectivity index (χ0v) is 8.55. The largest absolute Gasteiger partial charge is 0.302 e. The molecule has 0 fully saturated rings. The van der Waals surface area contributed by atoms with E-state index in [9.17, 15) is 13.6 Å². The highest BCUT2D eigenvalue weighted by molar-refractivity contribution is 5.82. The van der Waals surface area contributed by atoms with Gasteiger partial charge < -0.3 is 0 Å². The van der Waals surface area contributed by atoms with E-state index in [0.717, 1.165) is 6.92 Å². The lowest BCUT2D eigenvalue weighted by Gasteiger charge is -2.01. The summed E-state index contributed by atoms with van der Waals surface area (Å²) in [7, 11) is 0. The predicted molar refractivity (Wildman–Crippen MR) is 52.5 cm³/mol. The molecule has 1 rings (SSSR count). The lowest BCUT2D eigenvalue weighted by molar-refractivity contribution is -0.138. The Balaban J connectivity index is 0.000000241. The van der Waals surface area contributed by atoms with E-state index in [1.807, 2.05) is 18.2 Å². The minimum Gasteiger partial charge on any atom is -0.293 e. The first-order valence-corrected chi connectivity index (χ1v) is 4.24. The summed E-state index contributed by atoms with van der Waals surface area (Å²) in [6.07, 6.45) is 0. The molecule has 1 nitrogen and oxygen atoms in total. The van der Waals surface area contributed by atoms with Gasteiger partial charge in [0.05, 0.1) is 0 Å². The number of carbonyl (C=O) groups is 1. The van der Waals surface area contributed by atoms with Gasteiger partial charge in [-0.25, -0.2) is 0 Å². The molecule has 78 valence electrons. The van der Waals surface area contributed by atoms with Crippen molar-refractivity contribution < 1.29 is 13.6 Å². The fourth-order valence-electron chi connectivity index (χ4n) is 0.534. The summed E-state index contributed by atoms with van der Waals surface area (Å²) in [6.45, 7) is 3.52. The van der Waals surface area contributed by atoms with Gasteiger partial charge in [0.1, 0.15) is 0 Å². The highest BCUT2D eigenvalue weighted by Crippen LogP contribution is 2.10. The van der Waals surface area contributed by atoms with Crippen LogP contribution in [0.15, 0.2) is 30.3 Å². The Kier molecular flexibility index (Phi) is 4.99. The molecule has 0 N–H and O–H groups in total. The second-order valence-corrected chi connectivity index (χ2v) is 3.10. The molecule has 0 heterocycles. The standard InChI is InChI=1S/C7H8.C4H6F2O/c1-7-5-3-2-4-6-7;1-3(7)4(2,5)6/h2-6H,1H3;1-2H3. The van der Waals surface area contributed by atoms with Gasteiger partial charge in [-0.3, -0.25) is 4.79 Å². The molecule has 0 aliphatic carbocycles. The number of benzene rings is 1. The van der Waals surface area contributed by atoms with Gasteiger partial charge in [-0.2, -0.15) is 8.78 Å². The van der Waals surface area contributed by atoms with E-state index < -0.39 is 11.7 Å². The van der Waals surface area contributed by atoms with E-state index >= 15 is 0 Å². The van der Waals surface area contributed by atoms with Gasteiger partial charge in [-0.1, -0.05) is 35.9 Å². The van der Waals surface area contributed by atoms with Crippen LogP contribution in [0.1, 0.15) is 19.4 Å². The van der Waals surface area contributed by atoms with E-state index in [1.165, 1.54) is 5.56 Å². The zero-order valence-electron chi connectivity index (χ0n) is 8.55. The van der Waals surface area contributed by atoms with Gasteiger partial charge in [-0.05, 0) is 6.92 Å². The number of halogens is 2. The number of hydrogen-bond donors (Lipinski definition) is 0. The molecule has 0 bridgehead atoms. The topological polar surface area (TPSA) is 17.1 Å². The molecule has 0 saturated carbocycles. The third kappa shape index (κ3) is 6.29. The quantitative estimate of drug-likeness (QED) is 0.680. The molecule has 0 saturated heterocycles. The first-order chi connectivity index (χ1) is 6.34. The molecule has 0 aliphatic heterocycles.